The van der Waals surface area contributed by atoms with E-state index < -0.39 is 0 Å². The third-order valence-corrected chi connectivity index (χ3v) is 4.63. The number of aromatic nitrogens is 4. The van der Waals surface area contributed by atoms with Crippen molar-refractivity contribution >= 4 is 16.7 Å². The van der Waals surface area contributed by atoms with Gasteiger partial charge in [0.05, 0.1) is 30.1 Å². The molecule has 1 unspecified atom stereocenters. The van der Waals surface area contributed by atoms with Gasteiger partial charge in [0, 0.05) is 12.7 Å². The van der Waals surface area contributed by atoms with Crippen LogP contribution < -0.4 is 10.5 Å². The van der Waals surface area contributed by atoms with Crippen LogP contribution in [0.5, 0.6) is 0 Å². The summed E-state index contributed by atoms with van der Waals surface area (Å²) in [5.74, 6) is 1.52. The van der Waals surface area contributed by atoms with Crippen LogP contribution in [0.25, 0.3) is 10.9 Å². The van der Waals surface area contributed by atoms with Crippen LogP contribution in [0.1, 0.15) is 24.7 Å². The minimum atomic E-state index is -0.107. The Morgan fingerprint density at radius 1 is 1.24 bits per heavy atom. The standard InChI is InChI=1S/C18H19N5O2/c24-11-10-23-17(21-14-5-2-1-4-13(14)18(23)25)15-6-3-9-22(15)16-7-8-19-12-20-16/h1-2,4-5,7-8,12,15,24H,3,6,9-11H2. The average molecular weight is 337 g/mol. The van der Waals surface area contributed by atoms with Crippen LogP contribution in [0.4, 0.5) is 5.82 Å². The zero-order valence-electron chi connectivity index (χ0n) is 13.7. The van der Waals surface area contributed by atoms with Crippen molar-refractivity contribution in [2.45, 2.75) is 25.4 Å². The molecule has 2 aromatic heterocycles. The van der Waals surface area contributed by atoms with Gasteiger partial charge < -0.3 is 10.0 Å². The van der Waals surface area contributed by atoms with Crippen molar-refractivity contribution in [2.75, 3.05) is 18.1 Å². The fourth-order valence-electron chi connectivity index (χ4n) is 3.52. The highest BCUT2D eigenvalue weighted by molar-refractivity contribution is 5.77. The zero-order valence-corrected chi connectivity index (χ0v) is 13.7. The summed E-state index contributed by atoms with van der Waals surface area (Å²) < 4.78 is 1.60. The van der Waals surface area contributed by atoms with Crippen molar-refractivity contribution in [3.8, 4) is 0 Å². The van der Waals surface area contributed by atoms with E-state index in [1.165, 1.54) is 6.33 Å². The largest absolute Gasteiger partial charge is 0.395 e. The Morgan fingerprint density at radius 2 is 2.12 bits per heavy atom. The fraction of sp³-hybridized carbons (Fsp3) is 0.333. The van der Waals surface area contributed by atoms with Gasteiger partial charge >= 0.3 is 0 Å². The molecular weight excluding hydrogens is 318 g/mol. The number of benzene rings is 1. The number of anilines is 1. The number of rotatable bonds is 4. The van der Waals surface area contributed by atoms with Crippen molar-refractivity contribution < 1.29 is 5.11 Å². The summed E-state index contributed by atoms with van der Waals surface area (Å²) in [5, 5.41) is 10.0. The van der Waals surface area contributed by atoms with E-state index in [1.54, 1.807) is 16.8 Å². The maximum Gasteiger partial charge on any atom is 0.261 e. The molecule has 3 heterocycles. The Hall–Kier alpha value is -2.80. The van der Waals surface area contributed by atoms with Gasteiger partial charge in [0.2, 0.25) is 0 Å². The molecule has 7 nitrogen and oxygen atoms in total. The third kappa shape index (κ3) is 2.76. The SMILES string of the molecule is O=c1c2ccccc2nc(C2CCCN2c2ccncn2)n1CCO. The van der Waals surface area contributed by atoms with Crippen LogP contribution in [0.2, 0.25) is 0 Å². The monoisotopic (exact) mass is 337 g/mol. The fourth-order valence-corrected chi connectivity index (χ4v) is 3.52. The first kappa shape index (κ1) is 15.7. The second-order valence-corrected chi connectivity index (χ2v) is 6.09. The van der Waals surface area contributed by atoms with E-state index in [0.29, 0.717) is 16.7 Å². The molecule has 0 amide bonds. The van der Waals surface area contributed by atoms with Gasteiger partial charge in [-0.15, -0.1) is 0 Å². The summed E-state index contributed by atoms with van der Waals surface area (Å²) in [6.07, 6.45) is 5.13. The molecule has 0 spiro atoms. The maximum atomic E-state index is 12.9. The molecule has 1 atom stereocenters. The number of hydrogen-bond donors (Lipinski definition) is 1. The van der Waals surface area contributed by atoms with Gasteiger partial charge in [-0.3, -0.25) is 9.36 Å². The van der Waals surface area contributed by atoms with Gasteiger partial charge in [0.25, 0.3) is 5.56 Å². The number of para-hydroxylation sites is 1. The van der Waals surface area contributed by atoms with Crippen molar-refractivity contribution in [3.63, 3.8) is 0 Å². The van der Waals surface area contributed by atoms with Crippen molar-refractivity contribution in [1.82, 2.24) is 19.5 Å². The summed E-state index contributed by atoms with van der Waals surface area (Å²) in [6.45, 7) is 0.983. The summed E-state index contributed by atoms with van der Waals surface area (Å²) in [6, 6.07) is 9.17. The van der Waals surface area contributed by atoms with E-state index in [-0.39, 0.29) is 24.8 Å². The molecule has 1 saturated heterocycles. The van der Waals surface area contributed by atoms with Crippen LogP contribution >= 0.6 is 0 Å². The molecule has 1 aliphatic heterocycles. The lowest BCUT2D eigenvalue weighted by Gasteiger charge is -2.27. The number of hydrogen-bond acceptors (Lipinski definition) is 6. The van der Waals surface area contributed by atoms with Gasteiger partial charge in [0.15, 0.2) is 0 Å². The summed E-state index contributed by atoms with van der Waals surface area (Å²) in [7, 11) is 0. The Bertz CT molecular complexity index is 941. The third-order valence-electron chi connectivity index (χ3n) is 4.63. The van der Waals surface area contributed by atoms with E-state index in [9.17, 15) is 9.90 Å². The van der Waals surface area contributed by atoms with Gasteiger partial charge in [0.1, 0.15) is 18.0 Å². The molecule has 1 fully saturated rings. The first-order valence-electron chi connectivity index (χ1n) is 8.42. The second kappa shape index (κ2) is 6.60. The molecule has 128 valence electrons. The van der Waals surface area contributed by atoms with Crippen molar-refractivity contribution in [2.24, 2.45) is 0 Å². The van der Waals surface area contributed by atoms with Crippen molar-refractivity contribution in [1.29, 1.82) is 0 Å². The van der Waals surface area contributed by atoms with E-state index >= 15 is 0 Å². The topological polar surface area (TPSA) is 84.1 Å². The van der Waals surface area contributed by atoms with Crippen molar-refractivity contribution in [3.05, 3.63) is 59.0 Å². The lowest BCUT2D eigenvalue weighted by atomic mass is 10.1. The van der Waals surface area contributed by atoms with Crippen LogP contribution in [0, 0.1) is 0 Å². The van der Waals surface area contributed by atoms with E-state index in [2.05, 4.69) is 14.9 Å². The van der Waals surface area contributed by atoms with Gasteiger partial charge in [-0.25, -0.2) is 15.0 Å². The lowest BCUT2D eigenvalue weighted by Crippen LogP contribution is -2.33. The van der Waals surface area contributed by atoms with Crippen LogP contribution in [0.3, 0.4) is 0 Å². The summed E-state index contributed by atoms with van der Waals surface area (Å²) >= 11 is 0. The highest BCUT2D eigenvalue weighted by Gasteiger charge is 2.31. The molecule has 0 aliphatic carbocycles. The summed E-state index contributed by atoms with van der Waals surface area (Å²) in [4.78, 5) is 28.2. The smallest absolute Gasteiger partial charge is 0.261 e. The molecule has 25 heavy (non-hydrogen) atoms. The molecule has 1 aromatic carbocycles. The number of aliphatic hydroxyl groups excluding tert-OH is 1. The van der Waals surface area contributed by atoms with Gasteiger partial charge in [-0.2, -0.15) is 0 Å². The first-order chi connectivity index (χ1) is 12.3. The average Bonchev–Trinajstić information content (AvgIpc) is 3.14. The predicted molar refractivity (Wildman–Crippen MR) is 94.4 cm³/mol. The van der Waals surface area contributed by atoms with E-state index in [0.717, 1.165) is 25.2 Å². The number of fused-ring (bicyclic) bond motifs is 1. The molecule has 4 rings (SSSR count). The Balaban J connectivity index is 1.87. The molecular formula is C18H19N5O2. The molecule has 0 bridgehead atoms. The van der Waals surface area contributed by atoms with E-state index in [1.807, 2.05) is 24.3 Å². The van der Waals surface area contributed by atoms with Crippen LogP contribution in [-0.4, -0.2) is 37.8 Å². The van der Waals surface area contributed by atoms with Gasteiger partial charge in [-0.05, 0) is 31.0 Å². The number of nitrogens with zero attached hydrogens (tertiary/aromatic N) is 5. The number of aliphatic hydroxyl groups is 1. The normalized spacial score (nSPS) is 17.3. The maximum absolute atomic E-state index is 12.9. The van der Waals surface area contributed by atoms with Crippen LogP contribution in [-0.2, 0) is 6.54 Å². The molecule has 1 aliphatic rings. The lowest BCUT2D eigenvalue weighted by molar-refractivity contribution is 0.270. The molecule has 7 heteroatoms. The zero-order chi connectivity index (χ0) is 17.2. The molecule has 1 N–H and O–H groups in total. The molecule has 3 aromatic rings. The van der Waals surface area contributed by atoms with Gasteiger partial charge in [-0.1, -0.05) is 12.1 Å². The predicted octanol–water partition coefficient (Wildman–Crippen LogP) is 1.52. The van der Waals surface area contributed by atoms with E-state index in [4.69, 9.17) is 4.98 Å². The molecule has 0 radical (unpaired) electrons. The Morgan fingerprint density at radius 3 is 2.92 bits per heavy atom. The Labute approximate surface area is 144 Å². The Kier molecular flexibility index (Phi) is 4.15. The highest BCUT2D eigenvalue weighted by Crippen LogP contribution is 2.34. The minimum absolute atomic E-state index is 0.0428. The summed E-state index contributed by atoms with van der Waals surface area (Å²) in [5.41, 5.74) is 0.579. The highest BCUT2D eigenvalue weighted by atomic mass is 16.3. The minimum Gasteiger partial charge on any atom is -0.395 e. The quantitative estimate of drug-likeness (QED) is 0.777. The molecule has 0 saturated carbocycles. The first-order valence-corrected chi connectivity index (χ1v) is 8.42. The second-order valence-electron chi connectivity index (χ2n) is 6.09. The van der Waals surface area contributed by atoms with Crippen LogP contribution in [0.15, 0.2) is 47.7 Å².